The van der Waals surface area contributed by atoms with E-state index in [2.05, 4.69) is 10.6 Å². The molecule has 31 heavy (non-hydrogen) atoms. The van der Waals surface area contributed by atoms with Crippen LogP contribution >= 0.6 is 0 Å². The van der Waals surface area contributed by atoms with Gasteiger partial charge in [-0.25, -0.2) is 0 Å². The summed E-state index contributed by atoms with van der Waals surface area (Å²) in [5, 5.41) is 5.08. The molecular weight excluding hydrogens is 404 g/mol. The molecule has 2 amide bonds. The van der Waals surface area contributed by atoms with Crippen LogP contribution in [-0.4, -0.2) is 51.3 Å². The number of hydrogen-bond donors (Lipinski definition) is 2. The average Bonchev–Trinajstić information content (AvgIpc) is 2.78. The van der Waals surface area contributed by atoms with Crippen molar-refractivity contribution in [3.63, 3.8) is 0 Å². The van der Waals surface area contributed by atoms with Gasteiger partial charge in [-0.15, -0.1) is 0 Å². The summed E-state index contributed by atoms with van der Waals surface area (Å²) in [6, 6.07) is 11.4. The minimum atomic E-state index is -1.09. The Morgan fingerprint density at radius 1 is 0.968 bits per heavy atom. The first-order valence-electron chi connectivity index (χ1n) is 9.61. The molecule has 2 aromatic carbocycles. The van der Waals surface area contributed by atoms with E-state index in [1.165, 1.54) is 21.1 Å². The maximum atomic E-state index is 12.4. The molecule has 0 radical (unpaired) electrons. The van der Waals surface area contributed by atoms with Crippen molar-refractivity contribution >= 4 is 23.5 Å². The summed E-state index contributed by atoms with van der Waals surface area (Å²) in [4.78, 5) is 36.5. The third-order valence-electron chi connectivity index (χ3n) is 4.16. The zero-order valence-electron chi connectivity index (χ0n) is 17.9. The van der Waals surface area contributed by atoms with Crippen LogP contribution in [0.5, 0.6) is 17.2 Å². The zero-order chi connectivity index (χ0) is 22.8. The second kappa shape index (κ2) is 11.4. The van der Waals surface area contributed by atoms with Gasteiger partial charge in [0.15, 0.2) is 6.10 Å². The summed E-state index contributed by atoms with van der Waals surface area (Å²) in [5.74, 6) is -0.158. The molecule has 2 aromatic rings. The number of hydrogen-bond acceptors (Lipinski definition) is 7. The van der Waals surface area contributed by atoms with Gasteiger partial charge in [-0.3, -0.25) is 14.4 Å². The van der Waals surface area contributed by atoms with Crippen LogP contribution < -0.4 is 24.8 Å². The molecule has 0 aliphatic rings. The molecule has 9 nitrogen and oxygen atoms in total. The maximum absolute atomic E-state index is 12.4. The Bertz CT molecular complexity index is 913. The fourth-order valence-electron chi connectivity index (χ4n) is 2.56. The first kappa shape index (κ1) is 23.5. The van der Waals surface area contributed by atoms with Crippen molar-refractivity contribution in [2.24, 2.45) is 0 Å². The predicted molar refractivity (Wildman–Crippen MR) is 114 cm³/mol. The number of anilines is 1. The van der Waals surface area contributed by atoms with Crippen molar-refractivity contribution in [1.82, 2.24) is 5.32 Å². The summed E-state index contributed by atoms with van der Waals surface area (Å²) in [5.41, 5.74) is 0.741. The van der Waals surface area contributed by atoms with Gasteiger partial charge in [0.1, 0.15) is 23.8 Å². The highest BCUT2D eigenvalue weighted by molar-refractivity contribution is 5.98. The Kier molecular flexibility index (Phi) is 8.68. The molecule has 2 N–H and O–H groups in total. The van der Waals surface area contributed by atoms with Crippen LogP contribution in [0.3, 0.4) is 0 Å². The van der Waals surface area contributed by atoms with Crippen LogP contribution in [0, 0.1) is 0 Å². The summed E-state index contributed by atoms with van der Waals surface area (Å²) in [6.07, 6.45) is -1.09. The highest BCUT2D eigenvalue weighted by Crippen LogP contribution is 2.29. The molecule has 0 fully saturated rings. The molecule has 0 aromatic heterocycles. The standard InChI is InChI=1S/C22H26N2O7/c1-5-30-16-8-6-15(7-9-16)22(27)23-13-20(25)31-14(2)21(26)24-18-12-17(28-3)10-11-19(18)29-4/h6-12,14H,5,13H2,1-4H3,(H,23,27)(H,24,26). The van der Waals surface area contributed by atoms with Crippen LogP contribution in [0.25, 0.3) is 0 Å². The topological polar surface area (TPSA) is 112 Å². The summed E-state index contributed by atoms with van der Waals surface area (Å²) < 4.78 is 20.7. The van der Waals surface area contributed by atoms with Crippen molar-refractivity contribution < 1.29 is 33.3 Å². The van der Waals surface area contributed by atoms with E-state index in [1.54, 1.807) is 42.5 Å². The lowest BCUT2D eigenvalue weighted by Crippen LogP contribution is -2.35. The largest absolute Gasteiger partial charge is 0.497 e. The van der Waals surface area contributed by atoms with Gasteiger partial charge in [0.05, 0.1) is 26.5 Å². The van der Waals surface area contributed by atoms with Gasteiger partial charge in [-0.2, -0.15) is 0 Å². The van der Waals surface area contributed by atoms with Gasteiger partial charge in [-0.1, -0.05) is 0 Å². The lowest BCUT2D eigenvalue weighted by molar-refractivity contribution is -0.152. The van der Waals surface area contributed by atoms with Gasteiger partial charge in [0, 0.05) is 11.6 Å². The van der Waals surface area contributed by atoms with E-state index in [0.717, 1.165) is 0 Å². The van der Waals surface area contributed by atoms with Gasteiger partial charge >= 0.3 is 5.97 Å². The van der Waals surface area contributed by atoms with Crippen molar-refractivity contribution in [2.75, 3.05) is 32.7 Å². The minimum absolute atomic E-state index is 0.368. The van der Waals surface area contributed by atoms with Crippen LogP contribution in [-0.2, 0) is 14.3 Å². The molecule has 0 spiro atoms. The molecule has 1 unspecified atom stereocenters. The number of nitrogens with one attached hydrogen (secondary N) is 2. The highest BCUT2D eigenvalue weighted by atomic mass is 16.5. The molecule has 166 valence electrons. The van der Waals surface area contributed by atoms with Gasteiger partial charge in [0.25, 0.3) is 11.8 Å². The summed E-state index contributed by atoms with van der Waals surface area (Å²) in [6.45, 7) is 3.43. The van der Waals surface area contributed by atoms with Crippen molar-refractivity contribution in [3.05, 3.63) is 48.0 Å². The van der Waals surface area contributed by atoms with Crippen molar-refractivity contribution in [2.45, 2.75) is 20.0 Å². The number of esters is 1. The van der Waals surface area contributed by atoms with Crippen LogP contribution in [0.4, 0.5) is 5.69 Å². The van der Waals surface area contributed by atoms with E-state index >= 15 is 0 Å². The third kappa shape index (κ3) is 6.91. The number of rotatable bonds is 10. The van der Waals surface area contributed by atoms with E-state index in [-0.39, 0.29) is 6.54 Å². The fraction of sp³-hybridized carbons (Fsp3) is 0.318. The first-order chi connectivity index (χ1) is 14.9. The smallest absolute Gasteiger partial charge is 0.326 e. The van der Waals surface area contributed by atoms with E-state index < -0.39 is 23.9 Å². The second-order valence-corrected chi connectivity index (χ2v) is 6.33. The molecule has 0 aliphatic heterocycles. The highest BCUT2D eigenvalue weighted by Gasteiger charge is 2.20. The lowest BCUT2D eigenvalue weighted by Gasteiger charge is -2.16. The molecule has 0 heterocycles. The summed E-state index contributed by atoms with van der Waals surface area (Å²) >= 11 is 0. The van der Waals surface area contributed by atoms with E-state index in [1.807, 2.05) is 6.92 Å². The monoisotopic (exact) mass is 430 g/mol. The molecule has 9 heteroatoms. The lowest BCUT2D eigenvalue weighted by atomic mass is 10.2. The van der Waals surface area contributed by atoms with Crippen LogP contribution in [0.2, 0.25) is 0 Å². The Labute approximate surface area is 180 Å². The molecule has 1 atom stereocenters. The number of carbonyl (C=O) groups is 3. The third-order valence-corrected chi connectivity index (χ3v) is 4.16. The first-order valence-corrected chi connectivity index (χ1v) is 9.61. The average molecular weight is 430 g/mol. The minimum Gasteiger partial charge on any atom is -0.497 e. The number of methoxy groups -OCH3 is 2. The number of carbonyl (C=O) groups excluding carboxylic acids is 3. The number of amides is 2. The van der Waals surface area contributed by atoms with Crippen molar-refractivity contribution in [3.8, 4) is 17.2 Å². The Hall–Kier alpha value is -3.75. The number of benzene rings is 2. The quantitative estimate of drug-likeness (QED) is 0.557. The molecular formula is C22H26N2O7. The maximum Gasteiger partial charge on any atom is 0.326 e. The van der Waals surface area contributed by atoms with E-state index in [0.29, 0.717) is 35.1 Å². The van der Waals surface area contributed by atoms with Crippen molar-refractivity contribution in [1.29, 1.82) is 0 Å². The predicted octanol–water partition coefficient (Wildman–Crippen LogP) is 2.40. The fourth-order valence-corrected chi connectivity index (χ4v) is 2.56. The normalized spacial score (nSPS) is 11.1. The van der Waals surface area contributed by atoms with E-state index in [4.69, 9.17) is 18.9 Å². The molecule has 0 saturated carbocycles. The molecule has 0 saturated heterocycles. The summed E-state index contributed by atoms with van der Waals surface area (Å²) in [7, 11) is 2.97. The van der Waals surface area contributed by atoms with Gasteiger partial charge in [0.2, 0.25) is 0 Å². The zero-order valence-corrected chi connectivity index (χ0v) is 17.9. The van der Waals surface area contributed by atoms with Gasteiger partial charge in [-0.05, 0) is 50.2 Å². The number of ether oxygens (including phenoxy) is 4. The Balaban J connectivity index is 1.86. The molecule has 0 aliphatic carbocycles. The van der Waals surface area contributed by atoms with Crippen LogP contribution in [0.15, 0.2) is 42.5 Å². The Morgan fingerprint density at radius 2 is 1.65 bits per heavy atom. The van der Waals surface area contributed by atoms with Crippen LogP contribution in [0.1, 0.15) is 24.2 Å². The van der Waals surface area contributed by atoms with E-state index in [9.17, 15) is 14.4 Å². The molecule has 0 bridgehead atoms. The SMILES string of the molecule is CCOc1ccc(C(=O)NCC(=O)OC(C)C(=O)Nc2cc(OC)ccc2OC)cc1. The molecule has 2 rings (SSSR count). The van der Waals surface area contributed by atoms with Gasteiger partial charge < -0.3 is 29.6 Å². The Morgan fingerprint density at radius 3 is 2.26 bits per heavy atom. The second-order valence-electron chi connectivity index (χ2n) is 6.33.